The van der Waals surface area contributed by atoms with E-state index in [1.165, 1.54) is 30.4 Å². The van der Waals surface area contributed by atoms with Gasteiger partial charge in [0.05, 0.1) is 5.54 Å². The number of nitrogens with one attached hydrogen (secondary N) is 1. The Bertz CT molecular complexity index is 1050. The zero-order valence-electron chi connectivity index (χ0n) is 21.4. The van der Waals surface area contributed by atoms with Crippen molar-refractivity contribution >= 4 is 23.3 Å². The second-order valence-corrected chi connectivity index (χ2v) is 13.4. The Kier molecular flexibility index (Phi) is 5.75. The number of hydrogen-bond donors (Lipinski definition) is 1. The van der Waals surface area contributed by atoms with Crippen molar-refractivity contribution in [3.63, 3.8) is 0 Å². The minimum Gasteiger partial charge on any atom is -0.346 e. The maximum Gasteiger partial charge on any atom is 0.224 e. The van der Waals surface area contributed by atoms with Crippen molar-refractivity contribution in [2.24, 2.45) is 34.5 Å². The molecule has 3 nitrogen and oxygen atoms in total. The van der Waals surface area contributed by atoms with Crippen molar-refractivity contribution in [2.45, 2.75) is 96.4 Å². The summed E-state index contributed by atoms with van der Waals surface area (Å²) >= 11 is 6.18. The summed E-state index contributed by atoms with van der Waals surface area (Å²) in [6.45, 7) is 4.88. The number of fused-ring (bicyclic) bond motifs is 5. The molecule has 0 radical (unpaired) electrons. The first-order valence-electron chi connectivity index (χ1n) is 14.1. The van der Waals surface area contributed by atoms with Gasteiger partial charge in [0, 0.05) is 17.4 Å². The third-order valence-electron chi connectivity index (χ3n) is 11.5. The van der Waals surface area contributed by atoms with Crippen molar-refractivity contribution < 1.29 is 9.59 Å². The smallest absolute Gasteiger partial charge is 0.224 e. The molecule has 4 fully saturated rings. The molecule has 0 spiro atoms. The van der Waals surface area contributed by atoms with Gasteiger partial charge in [-0.25, -0.2) is 0 Å². The number of rotatable bonds is 3. The molecule has 4 saturated carbocycles. The molecule has 6 rings (SSSR count). The molecule has 0 aromatic heterocycles. The van der Waals surface area contributed by atoms with Crippen LogP contribution in [-0.4, -0.2) is 11.7 Å². The first-order chi connectivity index (χ1) is 16.8. The summed E-state index contributed by atoms with van der Waals surface area (Å²) in [7, 11) is 0. The second-order valence-electron chi connectivity index (χ2n) is 12.9. The quantitative estimate of drug-likeness (QED) is 0.477. The summed E-state index contributed by atoms with van der Waals surface area (Å²) in [5.74, 6) is 2.72. The topological polar surface area (TPSA) is 46.2 Å². The fraction of sp³-hybridized carbons (Fsp3) is 0.677. The lowest BCUT2D eigenvalue weighted by atomic mass is 9.47. The van der Waals surface area contributed by atoms with Crippen LogP contribution in [-0.2, 0) is 15.1 Å². The van der Waals surface area contributed by atoms with E-state index in [1.54, 1.807) is 0 Å². The van der Waals surface area contributed by atoms with Gasteiger partial charge < -0.3 is 5.32 Å². The van der Waals surface area contributed by atoms with Crippen LogP contribution in [0.15, 0.2) is 35.9 Å². The molecule has 1 aromatic rings. The number of ketones is 1. The minimum atomic E-state index is -0.236. The third kappa shape index (κ3) is 3.66. The summed E-state index contributed by atoms with van der Waals surface area (Å²) in [6.07, 6.45) is 14.9. The van der Waals surface area contributed by atoms with Crippen molar-refractivity contribution in [3.8, 4) is 0 Å². The van der Waals surface area contributed by atoms with Crippen LogP contribution in [0, 0.1) is 34.5 Å². The zero-order valence-corrected chi connectivity index (χ0v) is 22.1. The monoisotopic (exact) mass is 493 g/mol. The van der Waals surface area contributed by atoms with Crippen molar-refractivity contribution in [2.75, 3.05) is 0 Å². The maximum absolute atomic E-state index is 14.0. The van der Waals surface area contributed by atoms with Gasteiger partial charge in [-0.3, -0.25) is 9.59 Å². The molecule has 6 atom stereocenters. The van der Waals surface area contributed by atoms with Crippen LogP contribution in [0.2, 0.25) is 5.02 Å². The fourth-order valence-electron chi connectivity index (χ4n) is 9.55. The zero-order chi connectivity index (χ0) is 24.4. The molecule has 5 aliphatic carbocycles. The van der Waals surface area contributed by atoms with Gasteiger partial charge in [-0.05, 0) is 110 Å². The first kappa shape index (κ1) is 23.8. The Morgan fingerprint density at radius 1 is 0.914 bits per heavy atom. The van der Waals surface area contributed by atoms with Crippen LogP contribution in [0.5, 0.6) is 0 Å². The second kappa shape index (κ2) is 8.47. The number of amides is 1. The third-order valence-corrected chi connectivity index (χ3v) is 11.7. The fourth-order valence-corrected chi connectivity index (χ4v) is 9.67. The van der Waals surface area contributed by atoms with Gasteiger partial charge in [-0.1, -0.05) is 56.0 Å². The van der Waals surface area contributed by atoms with Crippen LogP contribution in [0.1, 0.15) is 96.5 Å². The normalized spacial score (nSPS) is 39.9. The van der Waals surface area contributed by atoms with E-state index in [0.717, 1.165) is 56.4 Å². The lowest BCUT2D eigenvalue weighted by Crippen LogP contribution is -2.53. The van der Waals surface area contributed by atoms with Crippen LogP contribution in [0.25, 0.3) is 0 Å². The molecule has 0 saturated heterocycles. The number of halogens is 1. The molecule has 0 bridgehead atoms. The molecular weight excluding hydrogens is 454 g/mol. The number of allylic oxidation sites excluding steroid dienone is 1. The summed E-state index contributed by atoms with van der Waals surface area (Å²) in [4.78, 5) is 26.1. The standard InChI is InChI=1S/C31H40ClNO2/c1-29-17-13-23(34)19-21(29)7-10-24-25-11-12-27(30(25,2)18-14-26(24)29)28(35)33-31(15-3-4-16-31)20-5-8-22(32)9-6-20/h5-6,8-9,19,24-27H,3-4,7,10-18H2,1-2H3,(H,33,35)/t24-,25-,26+,27?,29-,30-/m0/s1. The molecule has 188 valence electrons. The number of benzene rings is 1. The largest absolute Gasteiger partial charge is 0.346 e. The maximum atomic E-state index is 14.0. The summed E-state index contributed by atoms with van der Waals surface area (Å²) in [5, 5.41) is 4.38. The predicted molar refractivity (Wildman–Crippen MR) is 140 cm³/mol. The predicted octanol–water partition coefficient (Wildman–Crippen LogP) is 7.37. The van der Waals surface area contributed by atoms with E-state index >= 15 is 0 Å². The number of carbonyl (C=O) groups is 2. The molecule has 1 amide bonds. The Morgan fingerprint density at radius 2 is 1.66 bits per heavy atom. The van der Waals surface area contributed by atoms with E-state index in [1.807, 2.05) is 18.2 Å². The van der Waals surface area contributed by atoms with E-state index in [9.17, 15) is 9.59 Å². The Balaban J connectivity index is 1.23. The van der Waals surface area contributed by atoms with E-state index in [4.69, 9.17) is 11.6 Å². The molecular formula is C31H40ClNO2. The van der Waals surface area contributed by atoms with Gasteiger partial charge in [0.1, 0.15) is 0 Å². The highest BCUT2D eigenvalue weighted by atomic mass is 35.5. The minimum absolute atomic E-state index is 0.0904. The van der Waals surface area contributed by atoms with Gasteiger partial charge in [0.2, 0.25) is 5.91 Å². The van der Waals surface area contributed by atoms with Gasteiger partial charge >= 0.3 is 0 Å². The molecule has 0 heterocycles. The van der Waals surface area contributed by atoms with Crippen LogP contribution in [0.3, 0.4) is 0 Å². The first-order valence-corrected chi connectivity index (χ1v) is 14.4. The molecule has 1 aromatic carbocycles. The molecule has 35 heavy (non-hydrogen) atoms. The van der Waals surface area contributed by atoms with Crippen LogP contribution < -0.4 is 5.32 Å². The highest BCUT2D eigenvalue weighted by Gasteiger charge is 2.60. The average Bonchev–Trinajstić information content (AvgIpc) is 3.44. The van der Waals surface area contributed by atoms with Gasteiger partial charge in [0.25, 0.3) is 0 Å². The highest BCUT2D eigenvalue weighted by molar-refractivity contribution is 6.30. The Labute approximate surface area is 215 Å². The van der Waals surface area contributed by atoms with Gasteiger partial charge in [-0.15, -0.1) is 0 Å². The van der Waals surface area contributed by atoms with E-state index in [0.29, 0.717) is 30.0 Å². The molecule has 5 aliphatic rings. The lowest BCUT2D eigenvalue weighted by molar-refractivity contribution is -0.134. The van der Waals surface area contributed by atoms with Crippen molar-refractivity contribution in [1.29, 1.82) is 0 Å². The molecule has 4 heteroatoms. The lowest BCUT2D eigenvalue weighted by Gasteiger charge is -2.58. The molecule has 1 unspecified atom stereocenters. The highest BCUT2D eigenvalue weighted by Crippen LogP contribution is 2.66. The number of hydrogen-bond acceptors (Lipinski definition) is 2. The summed E-state index contributed by atoms with van der Waals surface area (Å²) in [6, 6.07) is 8.15. The number of carbonyl (C=O) groups excluding carboxylic acids is 2. The van der Waals surface area contributed by atoms with Crippen molar-refractivity contribution in [1.82, 2.24) is 5.32 Å². The van der Waals surface area contributed by atoms with Crippen molar-refractivity contribution in [3.05, 3.63) is 46.5 Å². The van der Waals surface area contributed by atoms with E-state index < -0.39 is 0 Å². The Hall–Kier alpha value is -1.61. The molecule has 0 aliphatic heterocycles. The van der Waals surface area contributed by atoms with Gasteiger partial charge in [-0.2, -0.15) is 0 Å². The van der Waals surface area contributed by atoms with E-state index in [-0.39, 0.29) is 28.2 Å². The molecule has 1 N–H and O–H groups in total. The van der Waals surface area contributed by atoms with Crippen LogP contribution in [0.4, 0.5) is 0 Å². The summed E-state index contributed by atoms with van der Waals surface area (Å²) < 4.78 is 0. The Morgan fingerprint density at radius 3 is 2.40 bits per heavy atom. The average molecular weight is 494 g/mol. The van der Waals surface area contributed by atoms with Crippen LogP contribution >= 0.6 is 11.6 Å². The van der Waals surface area contributed by atoms with Gasteiger partial charge in [0.15, 0.2) is 5.78 Å². The SMILES string of the molecule is C[C@]12CCC(=O)C=C1CC[C@@H]1[C@H]2CC[C@]2(C)C(C(=O)NC3(c4ccc(Cl)cc4)CCCC3)CC[C@@H]12. The summed E-state index contributed by atoms with van der Waals surface area (Å²) in [5.41, 5.74) is 2.69. The van der Waals surface area contributed by atoms with E-state index in [2.05, 4.69) is 31.3 Å².